The van der Waals surface area contributed by atoms with Gasteiger partial charge in [0.1, 0.15) is 5.75 Å². The maximum absolute atomic E-state index is 12.1. The van der Waals surface area contributed by atoms with E-state index < -0.39 is 0 Å². The van der Waals surface area contributed by atoms with E-state index in [2.05, 4.69) is 21.2 Å². The summed E-state index contributed by atoms with van der Waals surface area (Å²) >= 11 is 3.40. The van der Waals surface area contributed by atoms with E-state index in [0.717, 1.165) is 36.4 Å². The number of nitrogens with zero attached hydrogens (tertiary/aromatic N) is 1. The molecule has 1 N–H and O–H groups in total. The van der Waals surface area contributed by atoms with Crippen molar-refractivity contribution in [3.05, 3.63) is 28.7 Å². The van der Waals surface area contributed by atoms with E-state index in [0.29, 0.717) is 24.9 Å². The third kappa shape index (κ3) is 4.11. The normalized spacial score (nSPS) is 23.6. The lowest BCUT2D eigenvalue weighted by Gasteiger charge is -2.17. The van der Waals surface area contributed by atoms with Crippen molar-refractivity contribution in [3.63, 3.8) is 0 Å². The average Bonchev–Trinajstić information content (AvgIpc) is 2.99. The van der Waals surface area contributed by atoms with Gasteiger partial charge in [-0.3, -0.25) is 4.79 Å². The number of likely N-dealkylation sites (tertiary alicyclic amines) is 1. The number of hydrogen-bond acceptors (Lipinski definition) is 3. The maximum Gasteiger partial charge on any atom is 0.226 e. The Balaban J connectivity index is 0.00000161. The fourth-order valence-electron chi connectivity index (χ4n) is 3.03. The molecule has 2 fully saturated rings. The molecule has 0 bridgehead atoms. The Hall–Kier alpha value is -0.780. The predicted molar refractivity (Wildman–Crippen MR) is 87.9 cm³/mol. The molecule has 0 saturated carbocycles. The molecule has 2 aliphatic rings. The monoisotopic (exact) mass is 374 g/mol. The van der Waals surface area contributed by atoms with Crippen molar-refractivity contribution in [1.29, 1.82) is 0 Å². The van der Waals surface area contributed by atoms with Crippen LogP contribution < -0.4 is 10.1 Å². The van der Waals surface area contributed by atoms with Crippen LogP contribution in [0.25, 0.3) is 0 Å². The van der Waals surface area contributed by atoms with Crippen LogP contribution in [-0.2, 0) is 4.79 Å². The lowest BCUT2D eigenvalue weighted by Crippen LogP contribution is -2.32. The molecule has 2 saturated heterocycles. The third-order valence-corrected chi connectivity index (χ3v) is 4.62. The quantitative estimate of drug-likeness (QED) is 0.878. The molecular weight excluding hydrogens is 356 g/mol. The van der Waals surface area contributed by atoms with Crippen LogP contribution in [0.4, 0.5) is 0 Å². The smallest absolute Gasteiger partial charge is 0.226 e. The number of halogens is 2. The first kappa shape index (κ1) is 16.6. The highest BCUT2D eigenvalue weighted by molar-refractivity contribution is 9.10. The lowest BCUT2D eigenvalue weighted by atomic mass is 10.0. The number of fused-ring (bicyclic) bond motifs is 1. The summed E-state index contributed by atoms with van der Waals surface area (Å²) in [7, 11) is 0. The Morgan fingerprint density at radius 1 is 1.33 bits per heavy atom. The Bertz CT molecular complexity index is 488. The third-order valence-electron chi connectivity index (χ3n) is 4.12. The van der Waals surface area contributed by atoms with Crippen molar-refractivity contribution >= 4 is 34.2 Å². The second-order valence-corrected chi connectivity index (χ2v) is 6.45. The second-order valence-electron chi connectivity index (χ2n) is 5.53. The van der Waals surface area contributed by atoms with Crippen molar-refractivity contribution in [2.24, 2.45) is 11.8 Å². The van der Waals surface area contributed by atoms with Crippen LogP contribution in [0.5, 0.6) is 5.75 Å². The van der Waals surface area contributed by atoms with E-state index in [9.17, 15) is 4.79 Å². The van der Waals surface area contributed by atoms with E-state index in [1.165, 1.54) is 0 Å². The zero-order chi connectivity index (χ0) is 13.9. The van der Waals surface area contributed by atoms with Crippen LogP contribution in [0.2, 0.25) is 0 Å². The molecule has 0 spiro atoms. The topological polar surface area (TPSA) is 41.6 Å². The Kier molecular flexibility index (Phi) is 5.90. The SMILES string of the molecule is Cl.O=C(CCOc1cccc(Br)c1)N1C[C@H]2CNC[C@H]2C1. The van der Waals surface area contributed by atoms with Gasteiger partial charge in [-0.15, -0.1) is 12.4 Å². The average molecular weight is 376 g/mol. The van der Waals surface area contributed by atoms with Gasteiger partial charge < -0.3 is 15.0 Å². The first-order chi connectivity index (χ1) is 9.72. The lowest BCUT2D eigenvalue weighted by molar-refractivity contribution is -0.130. The summed E-state index contributed by atoms with van der Waals surface area (Å²) in [6.07, 6.45) is 0.458. The Labute approximate surface area is 139 Å². The molecule has 2 atom stereocenters. The highest BCUT2D eigenvalue weighted by atomic mass is 79.9. The minimum absolute atomic E-state index is 0. The van der Waals surface area contributed by atoms with Crippen molar-refractivity contribution in [2.45, 2.75) is 6.42 Å². The maximum atomic E-state index is 12.1. The molecule has 2 aliphatic heterocycles. The van der Waals surface area contributed by atoms with Crippen LogP contribution in [-0.4, -0.2) is 43.6 Å². The molecule has 4 nitrogen and oxygen atoms in total. The van der Waals surface area contributed by atoms with Gasteiger partial charge in [-0.25, -0.2) is 0 Å². The zero-order valence-corrected chi connectivity index (χ0v) is 14.2. The number of carbonyl (C=O) groups excluding carboxylic acids is 1. The molecule has 2 heterocycles. The minimum atomic E-state index is 0. The second kappa shape index (κ2) is 7.47. The van der Waals surface area contributed by atoms with E-state index >= 15 is 0 Å². The predicted octanol–water partition coefficient (Wildman–Crippen LogP) is 2.32. The highest BCUT2D eigenvalue weighted by Crippen LogP contribution is 2.26. The fourth-order valence-corrected chi connectivity index (χ4v) is 3.41. The molecule has 1 aromatic carbocycles. The first-order valence-corrected chi connectivity index (χ1v) is 7.88. The summed E-state index contributed by atoms with van der Waals surface area (Å²) in [6.45, 7) is 4.38. The number of nitrogens with one attached hydrogen (secondary N) is 1. The van der Waals surface area contributed by atoms with Crippen LogP contribution in [0.15, 0.2) is 28.7 Å². The molecule has 0 unspecified atom stereocenters. The van der Waals surface area contributed by atoms with Gasteiger partial charge in [-0.1, -0.05) is 22.0 Å². The van der Waals surface area contributed by atoms with Gasteiger partial charge in [0.25, 0.3) is 0 Å². The molecule has 0 radical (unpaired) electrons. The Morgan fingerprint density at radius 2 is 2.05 bits per heavy atom. The molecule has 21 heavy (non-hydrogen) atoms. The summed E-state index contributed by atoms with van der Waals surface area (Å²) in [5.74, 6) is 2.33. The molecule has 1 aromatic rings. The number of amides is 1. The molecule has 3 rings (SSSR count). The first-order valence-electron chi connectivity index (χ1n) is 7.09. The van der Waals surface area contributed by atoms with Crippen LogP contribution in [0.3, 0.4) is 0 Å². The summed E-state index contributed by atoms with van der Waals surface area (Å²) in [4.78, 5) is 14.2. The largest absolute Gasteiger partial charge is 0.493 e. The van der Waals surface area contributed by atoms with Crippen molar-refractivity contribution in [1.82, 2.24) is 10.2 Å². The van der Waals surface area contributed by atoms with Gasteiger partial charge in [-0.2, -0.15) is 0 Å². The summed E-state index contributed by atoms with van der Waals surface area (Å²) in [5.41, 5.74) is 0. The molecule has 1 amide bonds. The number of hydrogen-bond donors (Lipinski definition) is 1. The molecular formula is C15H20BrClN2O2. The van der Waals surface area contributed by atoms with Crippen LogP contribution in [0, 0.1) is 11.8 Å². The fraction of sp³-hybridized carbons (Fsp3) is 0.533. The van der Waals surface area contributed by atoms with Crippen LogP contribution in [0.1, 0.15) is 6.42 Å². The minimum Gasteiger partial charge on any atom is -0.493 e. The van der Waals surface area contributed by atoms with E-state index in [-0.39, 0.29) is 18.3 Å². The van der Waals surface area contributed by atoms with Gasteiger partial charge >= 0.3 is 0 Å². The van der Waals surface area contributed by atoms with E-state index in [4.69, 9.17) is 4.74 Å². The van der Waals surface area contributed by atoms with E-state index in [1.54, 1.807) is 0 Å². The molecule has 116 valence electrons. The summed E-state index contributed by atoms with van der Waals surface area (Å²) < 4.78 is 6.61. The summed E-state index contributed by atoms with van der Waals surface area (Å²) in [6, 6.07) is 7.70. The van der Waals surface area contributed by atoms with Crippen molar-refractivity contribution < 1.29 is 9.53 Å². The van der Waals surface area contributed by atoms with E-state index in [1.807, 2.05) is 29.2 Å². The molecule has 0 aliphatic carbocycles. The zero-order valence-electron chi connectivity index (χ0n) is 11.8. The number of rotatable bonds is 4. The summed E-state index contributed by atoms with van der Waals surface area (Å²) in [5, 5.41) is 3.39. The number of ether oxygens (including phenoxy) is 1. The standard InChI is InChI=1S/C15H19BrN2O2.ClH/c16-13-2-1-3-14(6-13)20-5-4-15(19)18-9-11-7-17-8-12(11)10-18;/h1-3,6,11-12,17H,4-5,7-10H2;1H/t11-,12+;. The highest BCUT2D eigenvalue weighted by Gasteiger charge is 2.37. The van der Waals surface area contributed by atoms with Gasteiger partial charge in [0.05, 0.1) is 13.0 Å². The van der Waals surface area contributed by atoms with Gasteiger partial charge in [0.15, 0.2) is 0 Å². The van der Waals surface area contributed by atoms with Crippen molar-refractivity contribution in [2.75, 3.05) is 32.8 Å². The molecule has 6 heteroatoms. The number of benzene rings is 1. The van der Waals surface area contributed by atoms with Crippen molar-refractivity contribution in [3.8, 4) is 5.75 Å². The molecule has 0 aromatic heterocycles. The Morgan fingerprint density at radius 3 is 2.71 bits per heavy atom. The number of carbonyl (C=O) groups is 1. The van der Waals surface area contributed by atoms with Crippen LogP contribution >= 0.6 is 28.3 Å². The van der Waals surface area contributed by atoms with Gasteiger partial charge in [-0.05, 0) is 30.0 Å². The van der Waals surface area contributed by atoms with Gasteiger partial charge in [0.2, 0.25) is 5.91 Å². The van der Waals surface area contributed by atoms with Gasteiger partial charge in [0, 0.05) is 30.7 Å².